The second-order valence-electron chi connectivity index (χ2n) is 6.29. The fourth-order valence-corrected chi connectivity index (χ4v) is 3.25. The molecule has 24 heavy (non-hydrogen) atoms. The summed E-state index contributed by atoms with van der Waals surface area (Å²) in [6, 6.07) is 6.07. The van der Waals surface area contributed by atoms with Crippen LogP contribution in [0.3, 0.4) is 0 Å². The van der Waals surface area contributed by atoms with E-state index in [4.69, 9.17) is 10.1 Å². The van der Waals surface area contributed by atoms with Gasteiger partial charge in [-0.3, -0.25) is 4.98 Å². The van der Waals surface area contributed by atoms with Gasteiger partial charge < -0.3 is 4.90 Å². The maximum absolute atomic E-state index is 4.72. The quantitative estimate of drug-likeness (QED) is 0.738. The Morgan fingerprint density at radius 3 is 2.75 bits per heavy atom. The fourth-order valence-electron chi connectivity index (χ4n) is 3.25. The molecule has 0 aliphatic carbocycles. The summed E-state index contributed by atoms with van der Waals surface area (Å²) >= 11 is 0. The van der Waals surface area contributed by atoms with E-state index < -0.39 is 0 Å². The maximum Gasteiger partial charge on any atom is 0.254 e. The van der Waals surface area contributed by atoms with Crippen molar-refractivity contribution >= 4 is 11.6 Å². The van der Waals surface area contributed by atoms with Gasteiger partial charge in [0.1, 0.15) is 5.82 Å². The summed E-state index contributed by atoms with van der Waals surface area (Å²) in [7, 11) is 0. The van der Waals surface area contributed by atoms with E-state index in [1.54, 1.807) is 12.4 Å². The van der Waals surface area contributed by atoms with Gasteiger partial charge in [-0.2, -0.15) is 9.50 Å². The molecule has 4 heterocycles. The Morgan fingerprint density at radius 2 is 2.00 bits per heavy atom. The number of rotatable bonds is 4. The lowest BCUT2D eigenvalue weighted by Gasteiger charge is -2.28. The van der Waals surface area contributed by atoms with Crippen LogP contribution in [0, 0.1) is 0 Å². The summed E-state index contributed by atoms with van der Waals surface area (Å²) in [5.74, 6) is 2.48. The highest BCUT2D eigenvalue weighted by Crippen LogP contribution is 2.23. The van der Waals surface area contributed by atoms with Crippen molar-refractivity contribution in [2.45, 2.75) is 39.0 Å². The third-order valence-electron chi connectivity index (χ3n) is 4.45. The molecular formula is C18H22N6. The topological polar surface area (TPSA) is 59.2 Å². The standard InChI is InChI=1S/C18H22N6/c1-2-7-15-12-16(23-10-4-3-5-11-23)24-18(20-15)21-17(22-24)14-8-6-9-19-13-14/h6,8-9,12-13H,2-5,7,10-11H2,1H3. The molecule has 0 unspecified atom stereocenters. The number of aromatic nitrogens is 5. The van der Waals surface area contributed by atoms with Crippen molar-refractivity contribution in [1.82, 2.24) is 24.6 Å². The Morgan fingerprint density at radius 1 is 1.12 bits per heavy atom. The number of aryl methyl sites for hydroxylation is 1. The number of pyridine rings is 1. The maximum atomic E-state index is 4.72. The van der Waals surface area contributed by atoms with Gasteiger partial charge in [-0.15, -0.1) is 5.10 Å². The third-order valence-corrected chi connectivity index (χ3v) is 4.45. The predicted molar refractivity (Wildman–Crippen MR) is 94.1 cm³/mol. The van der Waals surface area contributed by atoms with E-state index in [0.29, 0.717) is 11.6 Å². The number of hydrogen-bond donors (Lipinski definition) is 0. The van der Waals surface area contributed by atoms with Gasteiger partial charge in [-0.05, 0) is 37.8 Å². The molecule has 0 atom stereocenters. The molecule has 6 heteroatoms. The Balaban J connectivity index is 1.83. The lowest BCUT2D eigenvalue weighted by atomic mass is 10.1. The monoisotopic (exact) mass is 322 g/mol. The average Bonchev–Trinajstić information content (AvgIpc) is 3.07. The van der Waals surface area contributed by atoms with Crippen LogP contribution in [0.5, 0.6) is 0 Å². The molecule has 6 nitrogen and oxygen atoms in total. The molecule has 4 rings (SSSR count). The largest absolute Gasteiger partial charge is 0.356 e. The van der Waals surface area contributed by atoms with Crippen LogP contribution in [-0.4, -0.2) is 37.7 Å². The van der Waals surface area contributed by atoms with E-state index in [1.807, 2.05) is 16.6 Å². The molecule has 1 saturated heterocycles. The highest BCUT2D eigenvalue weighted by molar-refractivity contribution is 5.58. The smallest absolute Gasteiger partial charge is 0.254 e. The van der Waals surface area contributed by atoms with Gasteiger partial charge >= 0.3 is 0 Å². The van der Waals surface area contributed by atoms with E-state index in [-0.39, 0.29) is 0 Å². The highest BCUT2D eigenvalue weighted by atomic mass is 15.4. The van der Waals surface area contributed by atoms with Gasteiger partial charge in [-0.25, -0.2) is 4.98 Å². The number of piperidine rings is 1. The zero-order valence-corrected chi connectivity index (χ0v) is 14.0. The predicted octanol–water partition coefficient (Wildman–Crippen LogP) is 3.13. The van der Waals surface area contributed by atoms with Crippen LogP contribution >= 0.6 is 0 Å². The summed E-state index contributed by atoms with van der Waals surface area (Å²) in [5.41, 5.74) is 2.01. The Hall–Kier alpha value is -2.50. The zero-order valence-electron chi connectivity index (χ0n) is 14.0. The third kappa shape index (κ3) is 2.84. The highest BCUT2D eigenvalue weighted by Gasteiger charge is 2.18. The molecule has 3 aromatic rings. The molecule has 0 aromatic carbocycles. The zero-order chi connectivity index (χ0) is 16.4. The molecule has 1 aliphatic rings. The van der Waals surface area contributed by atoms with Crippen LogP contribution in [0.25, 0.3) is 17.2 Å². The van der Waals surface area contributed by atoms with Crippen LogP contribution < -0.4 is 4.90 Å². The molecule has 0 bridgehead atoms. The van der Waals surface area contributed by atoms with Gasteiger partial charge in [0.05, 0.1) is 0 Å². The van der Waals surface area contributed by atoms with Crippen molar-refractivity contribution in [2.24, 2.45) is 0 Å². The Bertz CT molecular complexity index is 820. The number of hydrogen-bond acceptors (Lipinski definition) is 5. The lowest BCUT2D eigenvalue weighted by molar-refractivity contribution is 0.567. The van der Waals surface area contributed by atoms with Crippen LogP contribution in [0.4, 0.5) is 5.82 Å². The van der Waals surface area contributed by atoms with Crippen molar-refractivity contribution in [3.8, 4) is 11.4 Å². The Kier molecular flexibility index (Phi) is 4.11. The molecule has 0 spiro atoms. The van der Waals surface area contributed by atoms with Crippen molar-refractivity contribution in [3.63, 3.8) is 0 Å². The molecule has 0 amide bonds. The first-order valence-electron chi connectivity index (χ1n) is 8.77. The van der Waals surface area contributed by atoms with Gasteiger partial charge in [0.25, 0.3) is 5.78 Å². The summed E-state index contributed by atoms with van der Waals surface area (Å²) in [5, 5.41) is 4.72. The minimum Gasteiger partial charge on any atom is -0.356 e. The second kappa shape index (κ2) is 6.55. The normalized spacial score (nSPS) is 15.1. The van der Waals surface area contributed by atoms with Crippen molar-refractivity contribution in [3.05, 3.63) is 36.3 Å². The minimum atomic E-state index is 0.681. The second-order valence-corrected chi connectivity index (χ2v) is 6.29. The Labute approximate surface area is 141 Å². The molecule has 124 valence electrons. The van der Waals surface area contributed by atoms with Crippen molar-refractivity contribution < 1.29 is 0 Å². The van der Waals surface area contributed by atoms with Crippen molar-refractivity contribution in [1.29, 1.82) is 0 Å². The molecule has 3 aromatic heterocycles. The average molecular weight is 322 g/mol. The number of anilines is 1. The molecule has 0 radical (unpaired) electrons. The van der Waals surface area contributed by atoms with E-state index >= 15 is 0 Å². The van der Waals surface area contributed by atoms with Gasteiger partial charge in [0.15, 0.2) is 5.82 Å². The summed E-state index contributed by atoms with van der Waals surface area (Å²) in [6.07, 6.45) is 9.37. The van der Waals surface area contributed by atoms with E-state index in [0.717, 1.165) is 43.0 Å². The summed E-state index contributed by atoms with van der Waals surface area (Å²) < 4.78 is 1.90. The van der Waals surface area contributed by atoms with Gasteiger partial charge in [-0.1, -0.05) is 13.3 Å². The summed E-state index contributed by atoms with van der Waals surface area (Å²) in [6.45, 7) is 4.33. The van der Waals surface area contributed by atoms with Gasteiger partial charge in [0, 0.05) is 42.8 Å². The first-order valence-corrected chi connectivity index (χ1v) is 8.77. The van der Waals surface area contributed by atoms with Crippen LogP contribution in [0.2, 0.25) is 0 Å². The van der Waals surface area contributed by atoms with Crippen LogP contribution in [0.1, 0.15) is 38.3 Å². The fraction of sp³-hybridized carbons (Fsp3) is 0.444. The molecular weight excluding hydrogens is 300 g/mol. The molecule has 1 fully saturated rings. The number of nitrogens with zero attached hydrogens (tertiary/aromatic N) is 6. The number of fused-ring (bicyclic) bond motifs is 1. The summed E-state index contributed by atoms with van der Waals surface area (Å²) in [4.78, 5) is 16.0. The minimum absolute atomic E-state index is 0.681. The molecule has 1 aliphatic heterocycles. The molecule has 0 N–H and O–H groups in total. The van der Waals surface area contributed by atoms with Gasteiger partial charge in [0.2, 0.25) is 0 Å². The van der Waals surface area contributed by atoms with E-state index in [9.17, 15) is 0 Å². The molecule has 0 saturated carbocycles. The SMILES string of the molecule is CCCc1cc(N2CCCCC2)n2nc(-c3cccnc3)nc2n1. The van der Waals surface area contributed by atoms with E-state index in [1.165, 1.54) is 19.3 Å². The van der Waals surface area contributed by atoms with Crippen LogP contribution in [-0.2, 0) is 6.42 Å². The first-order chi connectivity index (χ1) is 11.8. The van der Waals surface area contributed by atoms with Crippen molar-refractivity contribution in [2.75, 3.05) is 18.0 Å². The van der Waals surface area contributed by atoms with E-state index in [2.05, 4.69) is 27.9 Å². The lowest BCUT2D eigenvalue weighted by Crippen LogP contribution is -2.31. The first kappa shape index (κ1) is 15.1. The van der Waals surface area contributed by atoms with Crippen LogP contribution in [0.15, 0.2) is 30.6 Å².